The van der Waals surface area contributed by atoms with Crippen LogP contribution in [0, 0.1) is 0 Å². The van der Waals surface area contributed by atoms with E-state index in [1.165, 1.54) is 35.3 Å². The Labute approximate surface area is 185 Å². The van der Waals surface area contributed by atoms with Crippen molar-refractivity contribution >= 4 is 11.8 Å². The third kappa shape index (κ3) is 5.38. The molecule has 0 bridgehead atoms. The van der Waals surface area contributed by atoms with Gasteiger partial charge in [-0.05, 0) is 36.1 Å². The Kier molecular flexibility index (Phi) is 8.63. The molecule has 2 aromatic carbocycles. The van der Waals surface area contributed by atoms with Crippen molar-refractivity contribution in [2.45, 2.75) is 62.6 Å². The summed E-state index contributed by atoms with van der Waals surface area (Å²) >= 11 is 1.93. The van der Waals surface area contributed by atoms with E-state index in [1.807, 2.05) is 11.8 Å². The number of ether oxygens (including phenoxy) is 2. The fraction of sp³-hybridized carbons (Fsp3) is 0.520. The Morgan fingerprint density at radius 1 is 1.20 bits per heavy atom. The summed E-state index contributed by atoms with van der Waals surface area (Å²) < 4.78 is 11.3. The summed E-state index contributed by atoms with van der Waals surface area (Å²) in [7, 11) is 1.71. The molecule has 1 aliphatic heterocycles. The molecule has 0 aromatic heterocycles. The molecule has 3 rings (SSSR count). The number of methoxy groups -OCH3 is 1. The number of aliphatic hydroxyl groups is 1. The molecule has 1 aliphatic rings. The minimum absolute atomic E-state index is 0.0216. The topological polar surface area (TPSA) is 50.7 Å². The molecule has 0 amide bonds. The molecule has 5 heteroatoms. The first kappa shape index (κ1) is 23.1. The number of rotatable bonds is 10. The highest BCUT2D eigenvalue weighted by Gasteiger charge is 2.36. The summed E-state index contributed by atoms with van der Waals surface area (Å²) in [4.78, 5) is 1.27. The van der Waals surface area contributed by atoms with Gasteiger partial charge in [0.2, 0.25) is 0 Å². The molecule has 4 nitrogen and oxygen atoms in total. The molecule has 2 aromatic rings. The fourth-order valence-electron chi connectivity index (χ4n) is 4.12. The molecule has 0 radical (unpaired) electrons. The zero-order chi connectivity index (χ0) is 21.4. The van der Waals surface area contributed by atoms with Crippen LogP contribution in [-0.4, -0.2) is 36.7 Å². The highest BCUT2D eigenvalue weighted by atomic mass is 32.2. The molecule has 30 heavy (non-hydrogen) atoms. The predicted molar refractivity (Wildman–Crippen MR) is 124 cm³/mol. The van der Waals surface area contributed by atoms with Gasteiger partial charge in [-0.15, -0.1) is 11.8 Å². The summed E-state index contributed by atoms with van der Waals surface area (Å²) in [5.74, 6) is 1.90. The lowest BCUT2D eigenvalue weighted by Crippen LogP contribution is -2.48. The smallest absolute Gasteiger partial charge is 0.125 e. The van der Waals surface area contributed by atoms with Gasteiger partial charge in [0.1, 0.15) is 5.75 Å². The summed E-state index contributed by atoms with van der Waals surface area (Å²) in [5.41, 5.74) is 3.68. The number of hydrogen-bond acceptors (Lipinski definition) is 5. The molecule has 0 aliphatic carbocycles. The normalized spacial score (nSPS) is 21.1. The van der Waals surface area contributed by atoms with E-state index in [4.69, 9.17) is 14.6 Å². The summed E-state index contributed by atoms with van der Waals surface area (Å²) in [5, 5.41) is 13.2. The van der Waals surface area contributed by atoms with E-state index in [1.54, 1.807) is 7.11 Å². The Balaban J connectivity index is 2.05. The SMILES string of the molecule is CCCC[C@]1(CC)CSc2cc(OC)c(COCCO)cc2[C@H](c2ccccc2)N1. The van der Waals surface area contributed by atoms with Gasteiger partial charge in [-0.3, -0.25) is 5.32 Å². The Hall–Kier alpha value is -1.53. The van der Waals surface area contributed by atoms with Crippen LogP contribution < -0.4 is 10.1 Å². The monoisotopic (exact) mass is 429 g/mol. The van der Waals surface area contributed by atoms with Crippen LogP contribution in [0.2, 0.25) is 0 Å². The Bertz CT molecular complexity index is 798. The molecule has 2 N–H and O–H groups in total. The molecule has 0 saturated heterocycles. The zero-order valence-electron chi connectivity index (χ0n) is 18.4. The molecule has 0 unspecified atom stereocenters. The number of nitrogens with one attached hydrogen (secondary N) is 1. The maximum atomic E-state index is 9.08. The van der Waals surface area contributed by atoms with E-state index in [-0.39, 0.29) is 18.2 Å². The van der Waals surface area contributed by atoms with Gasteiger partial charge in [-0.2, -0.15) is 0 Å². The van der Waals surface area contributed by atoms with Crippen molar-refractivity contribution in [2.24, 2.45) is 0 Å². The zero-order valence-corrected chi connectivity index (χ0v) is 19.3. The molecule has 0 fully saturated rings. The van der Waals surface area contributed by atoms with Crippen molar-refractivity contribution in [2.75, 3.05) is 26.1 Å². The first-order valence-electron chi connectivity index (χ1n) is 11.0. The second kappa shape index (κ2) is 11.2. The number of unbranched alkanes of at least 4 members (excludes halogenated alkanes) is 1. The summed E-state index contributed by atoms with van der Waals surface area (Å²) in [6, 6.07) is 15.2. The first-order valence-corrected chi connectivity index (χ1v) is 12.0. The van der Waals surface area contributed by atoms with Gasteiger partial charge in [-0.1, -0.05) is 57.0 Å². The quantitative estimate of drug-likeness (QED) is 0.500. The van der Waals surface area contributed by atoms with E-state index < -0.39 is 0 Å². The van der Waals surface area contributed by atoms with E-state index in [9.17, 15) is 0 Å². The van der Waals surface area contributed by atoms with Gasteiger partial charge < -0.3 is 14.6 Å². The minimum atomic E-state index is 0.0216. The van der Waals surface area contributed by atoms with E-state index in [0.717, 1.165) is 23.5 Å². The number of fused-ring (bicyclic) bond motifs is 1. The lowest BCUT2D eigenvalue weighted by Gasteiger charge is -2.36. The standard InChI is InChI=1S/C25H35NO3S/c1-4-6-12-25(5-2)18-30-23-16-22(28-3)20(17-29-14-13-27)15-21(23)24(26-25)19-10-8-7-9-11-19/h7-11,15-16,24,26-27H,4-6,12-14,17-18H2,1-3H3/t24-,25+/m0/s1. The third-order valence-corrected chi connectivity index (χ3v) is 7.35. The lowest BCUT2D eigenvalue weighted by atomic mass is 9.87. The van der Waals surface area contributed by atoms with Gasteiger partial charge in [0.25, 0.3) is 0 Å². The van der Waals surface area contributed by atoms with Crippen molar-refractivity contribution < 1.29 is 14.6 Å². The second-order valence-corrected chi connectivity index (χ2v) is 9.01. The predicted octanol–water partition coefficient (Wildman–Crippen LogP) is 5.33. The van der Waals surface area contributed by atoms with Gasteiger partial charge in [-0.25, -0.2) is 0 Å². The largest absolute Gasteiger partial charge is 0.496 e. The molecular formula is C25H35NO3S. The van der Waals surface area contributed by atoms with Crippen LogP contribution in [0.25, 0.3) is 0 Å². The number of thioether (sulfide) groups is 1. The maximum absolute atomic E-state index is 9.08. The van der Waals surface area contributed by atoms with Gasteiger partial charge in [0, 0.05) is 21.8 Å². The van der Waals surface area contributed by atoms with Crippen molar-refractivity contribution in [3.8, 4) is 5.75 Å². The Morgan fingerprint density at radius 2 is 2.00 bits per heavy atom. The molecular weight excluding hydrogens is 394 g/mol. The van der Waals surface area contributed by atoms with Crippen LogP contribution >= 0.6 is 11.8 Å². The van der Waals surface area contributed by atoms with Crippen LogP contribution in [0.3, 0.4) is 0 Å². The minimum Gasteiger partial charge on any atom is -0.496 e. The van der Waals surface area contributed by atoms with Crippen molar-refractivity contribution in [1.82, 2.24) is 5.32 Å². The third-order valence-electron chi connectivity index (χ3n) is 5.99. The average molecular weight is 430 g/mol. The van der Waals surface area contributed by atoms with Crippen LogP contribution in [0.15, 0.2) is 47.4 Å². The first-order chi connectivity index (χ1) is 14.7. The molecule has 1 heterocycles. The van der Waals surface area contributed by atoms with Crippen molar-refractivity contribution in [3.05, 3.63) is 59.2 Å². The fourth-order valence-corrected chi connectivity index (χ4v) is 5.51. The van der Waals surface area contributed by atoms with E-state index in [0.29, 0.717) is 13.2 Å². The highest BCUT2D eigenvalue weighted by molar-refractivity contribution is 7.99. The maximum Gasteiger partial charge on any atom is 0.125 e. The van der Waals surface area contributed by atoms with Gasteiger partial charge in [0.15, 0.2) is 0 Å². The van der Waals surface area contributed by atoms with Crippen molar-refractivity contribution in [3.63, 3.8) is 0 Å². The highest BCUT2D eigenvalue weighted by Crippen LogP contribution is 2.43. The van der Waals surface area contributed by atoms with Gasteiger partial charge >= 0.3 is 0 Å². The average Bonchev–Trinajstić information content (AvgIpc) is 2.95. The summed E-state index contributed by atoms with van der Waals surface area (Å²) in [6.07, 6.45) is 4.70. The molecule has 2 atom stereocenters. The molecule has 0 spiro atoms. The molecule has 0 saturated carbocycles. The second-order valence-electron chi connectivity index (χ2n) is 7.99. The Morgan fingerprint density at radius 3 is 2.67 bits per heavy atom. The van der Waals surface area contributed by atoms with Crippen LogP contribution in [0.4, 0.5) is 0 Å². The van der Waals surface area contributed by atoms with E-state index >= 15 is 0 Å². The van der Waals surface area contributed by atoms with Crippen LogP contribution in [-0.2, 0) is 11.3 Å². The van der Waals surface area contributed by atoms with Crippen LogP contribution in [0.5, 0.6) is 5.75 Å². The number of hydrogen-bond donors (Lipinski definition) is 2. The van der Waals surface area contributed by atoms with Crippen LogP contribution in [0.1, 0.15) is 62.3 Å². The van der Waals surface area contributed by atoms with Crippen molar-refractivity contribution in [1.29, 1.82) is 0 Å². The molecule has 164 valence electrons. The summed E-state index contributed by atoms with van der Waals surface area (Å²) in [6.45, 7) is 5.34. The lowest BCUT2D eigenvalue weighted by molar-refractivity contribution is 0.0802. The number of benzene rings is 2. The van der Waals surface area contributed by atoms with E-state index in [2.05, 4.69) is 61.6 Å². The number of aliphatic hydroxyl groups excluding tert-OH is 1. The van der Waals surface area contributed by atoms with Gasteiger partial charge in [0.05, 0.1) is 33.0 Å².